The van der Waals surface area contributed by atoms with Crippen LogP contribution in [0.5, 0.6) is 0 Å². The van der Waals surface area contributed by atoms with Gasteiger partial charge >= 0.3 is 646 Å². The Morgan fingerprint density at radius 1 is 0.150 bits per heavy atom. The van der Waals surface area contributed by atoms with E-state index in [0.29, 0.717) is 0 Å². The Bertz CT molecular complexity index is 8860. The van der Waals surface area contributed by atoms with Crippen LogP contribution in [0.3, 0.4) is 0 Å². The van der Waals surface area contributed by atoms with Gasteiger partial charge in [-0.15, -0.1) is 0 Å². The Labute approximate surface area is 785 Å². The van der Waals surface area contributed by atoms with E-state index in [1.165, 1.54) is 238 Å². The zero-order valence-corrected chi connectivity index (χ0v) is 76.8. The summed E-state index contributed by atoms with van der Waals surface area (Å²) >= 11 is 0.241. The Morgan fingerprint density at radius 3 is 0.744 bits per heavy atom. The number of benzene rings is 21. The van der Waals surface area contributed by atoms with Gasteiger partial charge in [-0.1, -0.05) is 135 Å². The van der Waals surface area contributed by atoms with Crippen molar-refractivity contribution in [1.82, 2.24) is 9.13 Å². The molecule has 0 saturated heterocycles. The van der Waals surface area contributed by atoms with Gasteiger partial charge in [-0.2, -0.15) is 0 Å². The first kappa shape index (κ1) is 79.4. The number of para-hydroxylation sites is 2. The molecule has 0 bridgehead atoms. The molecule has 26 rings (SSSR count). The quantitative estimate of drug-likeness (QED) is 0.0961. The molecule has 0 amide bonds. The number of rotatable bonds is 14. The molecule has 0 unspecified atom stereocenters. The summed E-state index contributed by atoms with van der Waals surface area (Å²) in [6.07, 6.45) is 0. The van der Waals surface area contributed by atoms with Crippen LogP contribution in [0, 0.1) is 0 Å². The molecule has 0 N–H and O–H groups in total. The van der Waals surface area contributed by atoms with Crippen LogP contribution in [0.2, 0.25) is 0 Å². The fourth-order valence-electron chi connectivity index (χ4n) is 21.0. The molecule has 21 aromatic carbocycles. The zero-order chi connectivity index (χ0) is 88.2. The summed E-state index contributed by atoms with van der Waals surface area (Å²) in [5, 5.41) is 10.4. The second kappa shape index (κ2) is 33.0. The van der Waals surface area contributed by atoms with Crippen molar-refractivity contribution in [2.24, 2.45) is 0 Å². The second-order valence-corrected chi connectivity index (χ2v) is 40.0. The number of fused-ring (bicyclic) bond motifs is 15. The average Bonchev–Trinajstić information content (AvgIpc) is 1.57. The van der Waals surface area contributed by atoms with Crippen LogP contribution in [0.25, 0.3) is 238 Å². The van der Waals surface area contributed by atoms with Crippen LogP contribution in [0.1, 0.15) is 25.0 Å². The molecular weight excluding hydrogens is 1740 g/mol. The van der Waals surface area contributed by atoms with Crippen LogP contribution < -0.4 is 0 Å². The summed E-state index contributed by atoms with van der Waals surface area (Å²) in [7, 11) is 0. The fourth-order valence-corrected chi connectivity index (χ4v) is 26.8. The number of hydrogen-bond donors (Lipinski definition) is 0. The van der Waals surface area contributed by atoms with Crippen LogP contribution in [-0.4, -0.2) is 38.1 Å². The molecule has 0 saturated carbocycles. The number of aromatic nitrogens is 2. The first-order chi connectivity index (χ1) is 65.7. The van der Waals surface area contributed by atoms with Gasteiger partial charge in [0.05, 0.1) is 0 Å². The van der Waals surface area contributed by atoms with Crippen molar-refractivity contribution >= 4 is 111 Å². The van der Waals surface area contributed by atoms with E-state index < -0.39 is 0 Å². The second-order valence-electron chi connectivity index (χ2n) is 35.7. The maximum absolute atomic E-state index is 2.45. The first-order valence-corrected chi connectivity index (χ1v) is 49.3. The van der Waals surface area contributed by atoms with Crippen molar-refractivity contribution in [3.63, 3.8) is 0 Å². The molecular formula is C129H86N2Se2. The van der Waals surface area contributed by atoms with Gasteiger partial charge in [0.2, 0.25) is 0 Å². The Balaban J connectivity index is 0.000000144. The van der Waals surface area contributed by atoms with Gasteiger partial charge in [0.15, 0.2) is 0 Å². The van der Waals surface area contributed by atoms with Crippen LogP contribution in [-0.2, 0) is 5.41 Å². The standard InChI is InChI=1S/C69H47NSe.C60H39NSe/c1-69(2)63-30-13-12-25-57(63)58-34-31-50(43-64(58)69)46-21-14-22-47(37-46)51-38-52(40-53(39-51)56-27-16-29-60-59-28-15-26-55(67(59)71-68(56)60)45-19-8-4-9-20-45)49-33-36-66-62(42-49)61-41-48(44-17-6-3-7-18-44)32-35-65(61)70(66)54-23-10-5-11-24-54;1-5-16-40(17-6-1)43-22-13-23-44(34-43)47-35-48(37-49(36-47)52-27-15-29-54-53-28-14-26-51(59(53)62-60(52)54)42-20-9-3-10-21-42)46-31-33-58-56(39-46)55-38-45(41-18-7-2-8-19-41)30-32-57(55)61(58)50-24-11-4-12-25-50/h3-43H,1-2H3;1-39H. The van der Waals surface area contributed by atoms with E-state index >= 15 is 0 Å². The molecule has 0 atom stereocenters. The molecule has 4 heterocycles. The Kier molecular flexibility index (Phi) is 19.7. The summed E-state index contributed by atoms with van der Waals surface area (Å²) in [6, 6.07) is 180. The van der Waals surface area contributed by atoms with Crippen molar-refractivity contribution in [2.45, 2.75) is 19.3 Å². The molecule has 25 aromatic rings. The van der Waals surface area contributed by atoms with Crippen molar-refractivity contribution in [1.29, 1.82) is 0 Å². The third kappa shape index (κ3) is 14.1. The van der Waals surface area contributed by atoms with Gasteiger partial charge in [-0.05, 0) is 11.1 Å². The molecule has 0 spiro atoms. The molecule has 0 radical (unpaired) electrons. The maximum atomic E-state index is 2.45. The minimum absolute atomic E-state index is 0.0701. The molecule has 1 aliphatic carbocycles. The van der Waals surface area contributed by atoms with Gasteiger partial charge < -0.3 is 0 Å². The van der Waals surface area contributed by atoms with Crippen molar-refractivity contribution in [3.8, 4) is 156 Å². The van der Waals surface area contributed by atoms with Crippen LogP contribution in [0.15, 0.2) is 485 Å². The van der Waals surface area contributed by atoms with Gasteiger partial charge in [0.25, 0.3) is 0 Å². The van der Waals surface area contributed by atoms with E-state index in [9.17, 15) is 0 Å². The normalized spacial score (nSPS) is 12.2. The summed E-state index contributed by atoms with van der Waals surface area (Å²) in [5.41, 5.74) is 42.3. The van der Waals surface area contributed by atoms with Gasteiger partial charge in [0, 0.05) is 0 Å². The predicted octanol–water partition coefficient (Wildman–Crippen LogP) is 34.6. The van der Waals surface area contributed by atoms with E-state index in [0.717, 1.165) is 11.4 Å². The SMILES string of the molecule is CC1(C)c2ccccc2-c2ccc(-c3cccc(-c4cc(-c5ccc6c(c5)c5cc(-c7ccccc7)ccc5n6-c5ccccc5)cc(-c5cccc6c5[se]c5c(-c7ccccc7)cccc56)c4)c3)cc21.c1ccc(-c2cccc(-c3cc(-c4ccc5c(c4)c4cc(-c6ccccc6)ccc4n5-c4ccccc4)cc(-c4cccc5c4[se]c4c(-c6ccccc6)cccc45)c3)c2)cc1. The molecule has 2 nitrogen and oxygen atoms in total. The molecule has 0 fully saturated rings. The Morgan fingerprint density at radius 2 is 0.383 bits per heavy atom. The van der Waals surface area contributed by atoms with Crippen molar-refractivity contribution < 1.29 is 0 Å². The van der Waals surface area contributed by atoms with E-state index in [1.807, 2.05) is 0 Å². The van der Waals surface area contributed by atoms with E-state index in [2.05, 4.69) is 508 Å². The third-order valence-electron chi connectivity index (χ3n) is 27.6. The van der Waals surface area contributed by atoms with E-state index in [4.69, 9.17) is 0 Å². The molecule has 624 valence electrons. The summed E-state index contributed by atoms with van der Waals surface area (Å²) < 4.78 is 10.7. The zero-order valence-electron chi connectivity index (χ0n) is 73.4. The fraction of sp³-hybridized carbons (Fsp3) is 0.0233. The number of nitrogens with zero attached hydrogens (tertiary/aromatic N) is 2. The predicted molar refractivity (Wildman–Crippen MR) is 568 cm³/mol. The van der Waals surface area contributed by atoms with Crippen molar-refractivity contribution in [3.05, 3.63) is 496 Å². The van der Waals surface area contributed by atoms with Crippen LogP contribution in [0.4, 0.5) is 0 Å². The molecule has 133 heavy (non-hydrogen) atoms. The Hall–Kier alpha value is -15.7. The summed E-state index contributed by atoms with van der Waals surface area (Å²) in [4.78, 5) is 0. The topological polar surface area (TPSA) is 9.86 Å². The van der Waals surface area contributed by atoms with E-state index in [1.54, 1.807) is 0 Å². The summed E-state index contributed by atoms with van der Waals surface area (Å²) in [5.74, 6) is 0. The first-order valence-electron chi connectivity index (χ1n) is 45.9. The molecule has 0 aliphatic heterocycles. The van der Waals surface area contributed by atoms with Gasteiger partial charge in [-0.25, -0.2) is 0 Å². The third-order valence-corrected chi connectivity index (χ3v) is 33.0. The number of hydrogen-bond acceptors (Lipinski definition) is 0. The van der Waals surface area contributed by atoms with Gasteiger partial charge in [-0.3, -0.25) is 0 Å². The minimum atomic E-state index is -0.0701. The molecule has 4 aromatic heterocycles. The van der Waals surface area contributed by atoms with Crippen molar-refractivity contribution in [2.75, 3.05) is 0 Å². The summed E-state index contributed by atoms with van der Waals surface area (Å²) in [6.45, 7) is 4.74. The van der Waals surface area contributed by atoms with Crippen LogP contribution >= 0.6 is 0 Å². The average molecular weight is 1820 g/mol. The monoisotopic (exact) mass is 1820 g/mol. The van der Waals surface area contributed by atoms with E-state index in [-0.39, 0.29) is 34.4 Å². The molecule has 1 aliphatic rings. The molecule has 4 heteroatoms. The van der Waals surface area contributed by atoms with Gasteiger partial charge in [0.1, 0.15) is 0 Å².